The van der Waals surface area contributed by atoms with Crippen LogP contribution in [0.15, 0.2) is 48.7 Å². The molecule has 3 rings (SSSR count). The third-order valence-electron chi connectivity index (χ3n) is 4.42. The van der Waals surface area contributed by atoms with Gasteiger partial charge in [-0.15, -0.1) is 0 Å². The molecule has 1 aromatic heterocycles. The average Bonchev–Trinajstić information content (AvgIpc) is 3.13. The van der Waals surface area contributed by atoms with E-state index in [2.05, 4.69) is 20.9 Å². The molecule has 2 aromatic carbocycles. The second kappa shape index (κ2) is 10.1. The van der Waals surface area contributed by atoms with Gasteiger partial charge in [-0.05, 0) is 36.2 Å². The summed E-state index contributed by atoms with van der Waals surface area (Å²) in [5.41, 5.74) is 2.37. The van der Waals surface area contributed by atoms with Crippen LogP contribution in [0.3, 0.4) is 0 Å². The van der Waals surface area contributed by atoms with Crippen LogP contribution < -0.4 is 16.0 Å². The van der Waals surface area contributed by atoms with Gasteiger partial charge in [0.2, 0.25) is 11.8 Å². The molecule has 0 saturated carbocycles. The highest BCUT2D eigenvalue weighted by Crippen LogP contribution is 2.20. The van der Waals surface area contributed by atoms with Crippen molar-refractivity contribution in [2.45, 2.75) is 6.42 Å². The Morgan fingerprint density at radius 1 is 0.900 bits per heavy atom. The van der Waals surface area contributed by atoms with Crippen molar-refractivity contribution in [3.63, 3.8) is 0 Å². The summed E-state index contributed by atoms with van der Waals surface area (Å²) in [6, 6.07) is 12.4. The van der Waals surface area contributed by atoms with E-state index in [-0.39, 0.29) is 29.6 Å². The minimum Gasteiger partial charge on any atom is -0.361 e. The van der Waals surface area contributed by atoms with Crippen molar-refractivity contribution in [2.24, 2.45) is 0 Å². The van der Waals surface area contributed by atoms with Gasteiger partial charge in [0.15, 0.2) is 0 Å². The van der Waals surface area contributed by atoms with Crippen LogP contribution in [0.5, 0.6) is 0 Å². The van der Waals surface area contributed by atoms with Gasteiger partial charge in [-0.3, -0.25) is 14.4 Å². The highest BCUT2D eigenvalue weighted by Gasteiger charge is 2.12. The van der Waals surface area contributed by atoms with Crippen LogP contribution in [0.4, 0.5) is 0 Å². The van der Waals surface area contributed by atoms with Crippen LogP contribution in [0.25, 0.3) is 10.9 Å². The third-order valence-corrected chi connectivity index (χ3v) is 4.97. The number of amides is 3. The first-order valence-corrected chi connectivity index (χ1v) is 10.0. The van der Waals surface area contributed by atoms with E-state index < -0.39 is 11.8 Å². The highest BCUT2D eigenvalue weighted by atomic mass is 35.5. The number of nitrogens with one attached hydrogen (secondary N) is 4. The maximum atomic E-state index is 12.1. The van der Waals surface area contributed by atoms with E-state index in [0.717, 1.165) is 16.5 Å². The molecule has 1 heterocycles. The Kier molecular flexibility index (Phi) is 7.32. The van der Waals surface area contributed by atoms with Crippen molar-refractivity contribution in [1.29, 1.82) is 0 Å². The van der Waals surface area contributed by atoms with E-state index in [1.165, 1.54) is 18.2 Å². The number of aromatic nitrogens is 1. The topological polar surface area (TPSA) is 103 Å². The summed E-state index contributed by atoms with van der Waals surface area (Å²) >= 11 is 11.8. The zero-order valence-electron chi connectivity index (χ0n) is 15.9. The first-order chi connectivity index (χ1) is 14.4. The molecule has 0 bridgehead atoms. The molecular formula is C21H20Cl2N4O3. The van der Waals surface area contributed by atoms with E-state index in [9.17, 15) is 14.4 Å². The van der Waals surface area contributed by atoms with Gasteiger partial charge in [0, 0.05) is 28.7 Å². The van der Waals surface area contributed by atoms with Crippen molar-refractivity contribution >= 4 is 51.8 Å². The highest BCUT2D eigenvalue weighted by molar-refractivity contribution is 6.36. The Balaban J connectivity index is 1.36. The summed E-state index contributed by atoms with van der Waals surface area (Å²) in [4.78, 5) is 39.0. The molecule has 0 fully saturated rings. The molecule has 7 nitrogen and oxygen atoms in total. The fourth-order valence-corrected chi connectivity index (χ4v) is 3.40. The van der Waals surface area contributed by atoms with Crippen molar-refractivity contribution in [2.75, 3.05) is 19.6 Å². The molecule has 3 aromatic rings. The predicted molar refractivity (Wildman–Crippen MR) is 117 cm³/mol. The number of hydrogen-bond acceptors (Lipinski definition) is 3. The largest absolute Gasteiger partial charge is 0.361 e. The van der Waals surface area contributed by atoms with Gasteiger partial charge in [0.25, 0.3) is 5.91 Å². The molecule has 3 amide bonds. The number of carbonyl (C=O) groups is 3. The molecule has 0 radical (unpaired) electrons. The minimum absolute atomic E-state index is 0.176. The maximum Gasteiger partial charge on any atom is 0.253 e. The number of H-pyrrole nitrogens is 1. The number of carbonyl (C=O) groups excluding carboxylic acids is 3. The van der Waals surface area contributed by atoms with Gasteiger partial charge < -0.3 is 20.9 Å². The molecule has 30 heavy (non-hydrogen) atoms. The van der Waals surface area contributed by atoms with E-state index in [1.54, 1.807) is 0 Å². The molecular weight excluding hydrogens is 427 g/mol. The Hall–Kier alpha value is -3.03. The smallest absolute Gasteiger partial charge is 0.253 e. The van der Waals surface area contributed by atoms with Crippen LogP contribution in [0.1, 0.15) is 15.9 Å². The average molecular weight is 447 g/mol. The van der Waals surface area contributed by atoms with Gasteiger partial charge in [0.1, 0.15) is 0 Å². The lowest BCUT2D eigenvalue weighted by molar-refractivity contribution is -0.125. The summed E-state index contributed by atoms with van der Waals surface area (Å²) in [5, 5.41) is 9.39. The van der Waals surface area contributed by atoms with Crippen molar-refractivity contribution in [3.8, 4) is 0 Å². The Bertz CT molecular complexity index is 1080. The Morgan fingerprint density at radius 2 is 1.63 bits per heavy atom. The van der Waals surface area contributed by atoms with Crippen LogP contribution in [0.2, 0.25) is 10.0 Å². The number of hydrogen-bond donors (Lipinski definition) is 4. The van der Waals surface area contributed by atoms with Gasteiger partial charge >= 0.3 is 0 Å². The number of benzene rings is 2. The SMILES string of the molecule is O=C(CNC(=O)CNC(=O)c1ccc(Cl)cc1Cl)NCCc1c[nH]c2ccccc12. The van der Waals surface area contributed by atoms with Crippen LogP contribution in [-0.2, 0) is 16.0 Å². The summed E-state index contributed by atoms with van der Waals surface area (Å²) in [6.45, 7) is -0.00689. The zero-order valence-corrected chi connectivity index (χ0v) is 17.4. The number of aromatic amines is 1. The Morgan fingerprint density at radius 3 is 2.43 bits per heavy atom. The molecule has 156 valence electrons. The van der Waals surface area contributed by atoms with Crippen LogP contribution >= 0.6 is 23.2 Å². The molecule has 0 unspecified atom stereocenters. The molecule has 0 aliphatic heterocycles. The third kappa shape index (κ3) is 5.75. The summed E-state index contributed by atoms with van der Waals surface area (Å²) in [7, 11) is 0. The summed E-state index contributed by atoms with van der Waals surface area (Å²) in [5.74, 6) is -1.30. The molecule has 0 saturated heterocycles. The molecule has 0 spiro atoms. The lowest BCUT2D eigenvalue weighted by Gasteiger charge is -2.09. The van der Waals surface area contributed by atoms with E-state index in [4.69, 9.17) is 23.2 Å². The van der Waals surface area contributed by atoms with Gasteiger partial charge in [-0.1, -0.05) is 41.4 Å². The monoisotopic (exact) mass is 446 g/mol. The second-order valence-corrected chi connectivity index (χ2v) is 7.39. The lowest BCUT2D eigenvalue weighted by Crippen LogP contribution is -2.42. The molecule has 9 heteroatoms. The minimum atomic E-state index is -0.505. The number of para-hydroxylation sites is 1. The fraction of sp³-hybridized carbons (Fsp3) is 0.190. The lowest BCUT2D eigenvalue weighted by atomic mass is 10.1. The molecule has 0 aliphatic rings. The zero-order chi connectivity index (χ0) is 21.5. The fourth-order valence-electron chi connectivity index (χ4n) is 2.91. The quantitative estimate of drug-likeness (QED) is 0.427. The van der Waals surface area contributed by atoms with Gasteiger partial charge in [-0.2, -0.15) is 0 Å². The summed E-state index contributed by atoms with van der Waals surface area (Å²) < 4.78 is 0. The molecule has 0 aliphatic carbocycles. The van der Waals surface area contributed by atoms with Crippen molar-refractivity contribution in [3.05, 3.63) is 69.8 Å². The van der Waals surface area contributed by atoms with E-state index >= 15 is 0 Å². The van der Waals surface area contributed by atoms with Gasteiger partial charge in [0.05, 0.1) is 23.7 Å². The number of halogens is 2. The van der Waals surface area contributed by atoms with E-state index in [1.807, 2.05) is 30.5 Å². The first kappa shape index (κ1) is 21.7. The molecule has 0 atom stereocenters. The van der Waals surface area contributed by atoms with E-state index in [0.29, 0.717) is 18.0 Å². The standard InChI is InChI=1S/C21H20Cl2N4O3/c22-14-5-6-16(17(23)9-14)21(30)27-12-20(29)26-11-19(28)24-8-7-13-10-25-18-4-2-1-3-15(13)18/h1-6,9-10,25H,7-8,11-12H2,(H,24,28)(H,26,29)(H,27,30). The van der Waals surface area contributed by atoms with Gasteiger partial charge in [-0.25, -0.2) is 0 Å². The first-order valence-electron chi connectivity index (χ1n) is 9.25. The normalized spacial score (nSPS) is 10.6. The van der Waals surface area contributed by atoms with Crippen LogP contribution in [-0.4, -0.2) is 42.3 Å². The second-order valence-electron chi connectivity index (χ2n) is 6.54. The Labute approximate surface area is 183 Å². The van der Waals surface area contributed by atoms with Crippen molar-refractivity contribution in [1.82, 2.24) is 20.9 Å². The predicted octanol–water partition coefficient (Wildman–Crippen LogP) is 2.68. The van der Waals surface area contributed by atoms with Crippen LogP contribution in [0, 0.1) is 0 Å². The number of fused-ring (bicyclic) bond motifs is 1. The van der Waals surface area contributed by atoms with Crippen molar-refractivity contribution < 1.29 is 14.4 Å². The molecule has 4 N–H and O–H groups in total. The summed E-state index contributed by atoms with van der Waals surface area (Å²) in [6.07, 6.45) is 2.59. The number of rotatable bonds is 8. The maximum absolute atomic E-state index is 12.1.